The number of carbonyl (C=O) groups excluding carboxylic acids is 2. The third kappa shape index (κ3) is 4.32. The van der Waals surface area contributed by atoms with Gasteiger partial charge in [-0.2, -0.15) is 0 Å². The highest BCUT2D eigenvalue weighted by molar-refractivity contribution is 7.20. The Bertz CT molecular complexity index is 1190. The van der Waals surface area contributed by atoms with Gasteiger partial charge in [0.2, 0.25) is 5.91 Å². The maximum Gasteiger partial charge on any atom is 0.266 e. The monoisotopic (exact) mass is 440 g/mol. The summed E-state index contributed by atoms with van der Waals surface area (Å²) in [5, 5.41) is 6.18. The highest BCUT2D eigenvalue weighted by Gasteiger charge is 2.22. The second kappa shape index (κ2) is 8.89. The lowest BCUT2D eigenvalue weighted by Gasteiger charge is -2.12. The molecule has 0 unspecified atom stereocenters. The minimum atomic E-state index is -0.338. The first-order valence-electron chi connectivity index (χ1n) is 10.2. The van der Waals surface area contributed by atoms with Crippen LogP contribution in [-0.2, 0) is 11.3 Å². The quantitative estimate of drug-likeness (QED) is 0.613. The van der Waals surface area contributed by atoms with Crippen molar-refractivity contribution >= 4 is 39.1 Å². The number of aryl methyl sites for hydroxylation is 1. The molecule has 0 bridgehead atoms. The Labute approximate surface area is 183 Å². The van der Waals surface area contributed by atoms with Crippen molar-refractivity contribution in [1.29, 1.82) is 0 Å². The predicted octanol–water partition coefficient (Wildman–Crippen LogP) is 3.09. The zero-order valence-electron chi connectivity index (χ0n) is 17.4. The van der Waals surface area contributed by atoms with Crippen LogP contribution in [0.3, 0.4) is 0 Å². The van der Waals surface area contributed by atoms with Crippen molar-refractivity contribution < 1.29 is 14.3 Å². The van der Waals surface area contributed by atoms with Gasteiger partial charge in [-0.3, -0.25) is 19.0 Å². The Balaban J connectivity index is 1.58. The van der Waals surface area contributed by atoms with Crippen LogP contribution >= 0.6 is 11.3 Å². The van der Waals surface area contributed by atoms with E-state index in [2.05, 4.69) is 15.6 Å². The number of nitrogens with zero attached hydrogens (tertiary/aromatic N) is 2. The molecule has 1 aliphatic rings. The fourth-order valence-corrected chi connectivity index (χ4v) is 4.95. The number of para-hydroxylation sites is 2. The number of thiophene rings is 1. The number of amides is 2. The van der Waals surface area contributed by atoms with Crippen molar-refractivity contribution in [1.82, 2.24) is 14.9 Å². The molecule has 2 heterocycles. The molecule has 0 atom stereocenters. The SMILES string of the molecule is COc1ccccc1NC(=O)c1sc2ncn(CC(=O)NC3CCCC3)c(=O)c2c1C. The first-order chi connectivity index (χ1) is 15.0. The van der Waals surface area contributed by atoms with Gasteiger partial charge in [0.1, 0.15) is 17.1 Å². The fourth-order valence-electron chi connectivity index (χ4n) is 3.91. The maximum atomic E-state index is 13.0. The minimum absolute atomic E-state index is 0.0870. The maximum absolute atomic E-state index is 13.0. The van der Waals surface area contributed by atoms with Gasteiger partial charge in [-0.1, -0.05) is 25.0 Å². The van der Waals surface area contributed by atoms with Gasteiger partial charge in [0.25, 0.3) is 11.5 Å². The van der Waals surface area contributed by atoms with Crippen LogP contribution in [0, 0.1) is 6.92 Å². The van der Waals surface area contributed by atoms with Gasteiger partial charge < -0.3 is 15.4 Å². The van der Waals surface area contributed by atoms with E-state index >= 15 is 0 Å². The second-order valence-electron chi connectivity index (χ2n) is 7.62. The van der Waals surface area contributed by atoms with Crippen molar-refractivity contribution in [3.63, 3.8) is 0 Å². The average molecular weight is 441 g/mol. The number of rotatable bonds is 6. The molecule has 3 aromatic rings. The van der Waals surface area contributed by atoms with Crippen LogP contribution < -0.4 is 20.9 Å². The summed E-state index contributed by atoms with van der Waals surface area (Å²) in [5.41, 5.74) is 0.771. The Morgan fingerprint density at radius 1 is 1.26 bits per heavy atom. The van der Waals surface area contributed by atoms with Gasteiger partial charge in [-0.15, -0.1) is 11.3 Å². The molecule has 4 rings (SSSR count). The molecule has 9 heteroatoms. The van der Waals surface area contributed by atoms with Crippen molar-refractivity contribution in [2.24, 2.45) is 0 Å². The summed E-state index contributed by atoms with van der Waals surface area (Å²) in [5.74, 6) is 0.00969. The van der Waals surface area contributed by atoms with Crippen LogP contribution in [0.2, 0.25) is 0 Å². The lowest BCUT2D eigenvalue weighted by molar-refractivity contribution is -0.122. The number of nitrogens with one attached hydrogen (secondary N) is 2. The lowest BCUT2D eigenvalue weighted by atomic mass is 10.2. The summed E-state index contributed by atoms with van der Waals surface area (Å²) in [4.78, 5) is 43.4. The van der Waals surface area contributed by atoms with E-state index in [4.69, 9.17) is 4.74 Å². The zero-order valence-corrected chi connectivity index (χ0v) is 18.3. The van der Waals surface area contributed by atoms with Crippen molar-refractivity contribution in [3.05, 3.63) is 51.4 Å². The van der Waals surface area contributed by atoms with Crippen molar-refractivity contribution in [2.75, 3.05) is 12.4 Å². The number of aromatic nitrogens is 2. The lowest BCUT2D eigenvalue weighted by Crippen LogP contribution is -2.37. The highest BCUT2D eigenvalue weighted by Crippen LogP contribution is 2.29. The van der Waals surface area contributed by atoms with E-state index in [1.165, 1.54) is 18.0 Å². The predicted molar refractivity (Wildman–Crippen MR) is 120 cm³/mol. The normalized spacial score (nSPS) is 14.0. The Hall–Kier alpha value is -3.20. The molecule has 2 N–H and O–H groups in total. The largest absolute Gasteiger partial charge is 0.495 e. The molecule has 1 fully saturated rings. The number of anilines is 1. The highest BCUT2D eigenvalue weighted by atomic mass is 32.1. The second-order valence-corrected chi connectivity index (χ2v) is 8.62. The van der Waals surface area contributed by atoms with Gasteiger partial charge in [0.05, 0.1) is 29.4 Å². The third-order valence-electron chi connectivity index (χ3n) is 5.51. The van der Waals surface area contributed by atoms with Crippen LogP contribution in [0.5, 0.6) is 5.75 Å². The summed E-state index contributed by atoms with van der Waals surface area (Å²) in [6, 6.07) is 7.30. The number of fused-ring (bicyclic) bond motifs is 1. The van der Waals surface area contributed by atoms with Gasteiger partial charge >= 0.3 is 0 Å². The molecular weight excluding hydrogens is 416 g/mol. The smallest absolute Gasteiger partial charge is 0.266 e. The Kier molecular flexibility index (Phi) is 6.03. The summed E-state index contributed by atoms with van der Waals surface area (Å²) >= 11 is 1.15. The molecule has 1 saturated carbocycles. The first kappa shape index (κ1) is 21.0. The summed E-state index contributed by atoms with van der Waals surface area (Å²) in [6.07, 6.45) is 5.56. The van der Waals surface area contributed by atoms with Crippen LogP contribution in [0.4, 0.5) is 5.69 Å². The Morgan fingerprint density at radius 2 is 2.00 bits per heavy atom. The number of benzene rings is 1. The van der Waals surface area contributed by atoms with Gasteiger partial charge in [-0.05, 0) is 37.5 Å². The minimum Gasteiger partial charge on any atom is -0.495 e. The summed E-state index contributed by atoms with van der Waals surface area (Å²) in [7, 11) is 1.53. The third-order valence-corrected chi connectivity index (χ3v) is 6.71. The molecule has 2 aromatic heterocycles. The van der Waals surface area contributed by atoms with Gasteiger partial charge in [-0.25, -0.2) is 4.98 Å². The van der Waals surface area contributed by atoms with Gasteiger partial charge in [0, 0.05) is 6.04 Å². The van der Waals surface area contributed by atoms with E-state index in [0.717, 1.165) is 37.0 Å². The molecule has 2 amide bonds. The van der Waals surface area contributed by atoms with Gasteiger partial charge in [0.15, 0.2) is 0 Å². The number of methoxy groups -OCH3 is 1. The van der Waals surface area contributed by atoms with E-state index in [-0.39, 0.29) is 30.0 Å². The van der Waals surface area contributed by atoms with E-state index in [0.29, 0.717) is 32.1 Å². The van der Waals surface area contributed by atoms with Crippen LogP contribution in [-0.4, -0.2) is 34.5 Å². The molecule has 0 radical (unpaired) electrons. The molecule has 0 aliphatic heterocycles. The molecule has 0 saturated heterocycles. The molecule has 1 aromatic carbocycles. The standard InChI is InChI=1S/C22H24N4O4S/c1-13-18-21(31-19(13)20(28)25-15-9-5-6-10-16(15)30-2)23-12-26(22(18)29)11-17(27)24-14-7-3-4-8-14/h5-6,9-10,12,14H,3-4,7-8,11H2,1-2H3,(H,24,27)(H,25,28). The number of ether oxygens (including phenoxy) is 1. The summed E-state index contributed by atoms with van der Waals surface area (Å²) in [6.45, 7) is 1.64. The zero-order chi connectivity index (χ0) is 22.0. The molecule has 31 heavy (non-hydrogen) atoms. The first-order valence-corrected chi connectivity index (χ1v) is 11.0. The number of carbonyl (C=O) groups is 2. The topological polar surface area (TPSA) is 102 Å². The van der Waals surface area contributed by atoms with Crippen molar-refractivity contribution in [3.8, 4) is 5.75 Å². The Morgan fingerprint density at radius 3 is 2.74 bits per heavy atom. The molecular formula is C22H24N4O4S. The molecule has 1 aliphatic carbocycles. The molecule has 8 nitrogen and oxygen atoms in total. The fraction of sp³-hybridized carbons (Fsp3) is 0.364. The summed E-state index contributed by atoms with van der Waals surface area (Å²) < 4.78 is 6.58. The van der Waals surface area contributed by atoms with E-state index in [1.54, 1.807) is 25.1 Å². The van der Waals surface area contributed by atoms with E-state index < -0.39 is 0 Å². The van der Waals surface area contributed by atoms with Crippen LogP contribution in [0.1, 0.15) is 40.9 Å². The molecule has 162 valence electrons. The number of hydrogen-bond acceptors (Lipinski definition) is 6. The van der Waals surface area contributed by atoms with E-state index in [9.17, 15) is 14.4 Å². The van der Waals surface area contributed by atoms with Crippen molar-refractivity contribution in [2.45, 2.75) is 45.2 Å². The van der Waals surface area contributed by atoms with Crippen LogP contribution in [0.15, 0.2) is 35.4 Å². The number of hydrogen-bond donors (Lipinski definition) is 2. The average Bonchev–Trinajstić information content (AvgIpc) is 3.38. The molecule has 0 spiro atoms. The van der Waals surface area contributed by atoms with Crippen LogP contribution in [0.25, 0.3) is 10.2 Å². The van der Waals surface area contributed by atoms with E-state index in [1.807, 2.05) is 6.07 Å².